The Hall–Kier alpha value is -0.800. The number of amides is 1. The highest BCUT2D eigenvalue weighted by atomic mass is 19.1. The molecule has 0 aromatic carbocycles. The first-order chi connectivity index (χ1) is 7.33. The van der Waals surface area contributed by atoms with Gasteiger partial charge in [-0.1, -0.05) is 6.92 Å². The van der Waals surface area contributed by atoms with Gasteiger partial charge in [-0.25, -0.2) is 4.79 Å². The molecule has 16 heavy (non-hydrogen) atoms. The maximum Gasteiger partial charge on any atom is 0.410 e. The molecule has 4 heteroatoms. The van der Waals surface area contributed by atoms with Crippen molar-refractivity contribution < 1.29 is 13.9 Å². The number of alkyl halides is 1. The van der Waals surface area contributed by atoms with Crippen LogP contribution in [0, 0.1) is 11.8 Å². The molecule has 1 fully saturated rings. The third kappa shape index (κ3) is 3.65. The monoisotopic (exact) mass is 231 g/mol. The summed E-state index contributed by atoms with van der Waals surface area (Å²) in [6, 6.07) is 0. The number of carbonyl (C=O) groups is 1. The lowest BCUT2D eigenvalue weighted by Gasteiger charge is -2.24. The molecule has 3 nitrogen and oxygen atoms in total. The maximum absolute atomic E-state index is 12.3. The molecule has 0 aliphatic carbocycles. The minimum Gasteiger partial charge on any atom is -0.444 e. The molecule has 0 saturated carbocycles. The fraction of sp³-hybridized carbons (Fsp3) is 0.917. The Labute approximate surface area is 96.9 Å². The molecule has 0 N–H and O–H groups in total. The number of halogens is 1. The summed E-state index contributed by atoms with van der Waals surface area (Å²) in [6.07, 6.45) is 0.265. The van der Waals surface area contributed by atoms with E-state index in [1.165, 1.54) is 0 Å². The Morgan fingerprint density at radius 3 is 2.56 bits per heavy atom. The van der Waals surface area contributed by atoms with Crippen molar-refractivity contribution >= 4 is 6.09 Å². The minimum atomic E-state index is -0.460. The van der Waals surface area contributed by atoms with Crippen molar-refractivity contribution in [3.05, 3.63) is 0 Å². The molecule has 0 aromatic rings. The van der Waals surface area contributed by atoms with E-state index in [-0.39, 0.29) is 18.7 Å². The van der Waals surface area contributed by atoms with Crippen LogP contribution in [0.5, 0.6) is 0 Å². The van der Waals surface area contributed by atoms with E-state index >= 15 is 0 Å². The zero-order chi connectivity index (χ0) is 12.3. The highest BCUT2D eigenvalue weighted by Gasteiger charge is 2.34. The van der Waals surface area contributed by atoms with Crippen molar-refractivity contribution in [3.8, 4) is 0 Å². The lowest BCUT2D eigenvalue weighted by atomic mass is 9.96. The van der Waals surface area contributed by atoms with Gasteiger partial charge in [0.25, 0.3) is 0 Å². The molecule has 94 valence electrons. The predicted octanol–water partition coefficient (Wildman–Crippen LogP) is 2.85. The summed E-state index contributed by atoms with van der Waals surface area (Å²) in [5, 5.41) is 0. The molecule has 1 saturated heterocycles. The molecule has 0 spiro atoms. The van der Waals surface area contributed by atoms with Crippen molar-refractivity contribution in [2.45, 2.75) is 39.7 Å². The zero-order valence-corrected chi connectivity index (χ0v) is 10.6. The summed E-state index contributed by atoms with van der Waals surface area (Å²) in [6.45, 7) is 8.61. The molecule has 1 heterocycles. The second kappa shape index (κ2) is 5.02. The Morgan fingerprint density at radius 2 is 2.06 bits per heavy atom. The molecule has 1 amide bonds. The number of hydrogen-bond acceptors (Lipinski definition) is 2. The van der Waals surface area contributed by atoms with Crippen molar-refractivity contribution in [2.75, 3.05) is 19.8 Å². The number of rotatable bonds is 2. The molecular formula is C12H22FNO2. The minimum absolute atomic E-state index is 0.275. The smallest absolute Gasteiger partial charge is 0.410 e. The van der Waals surface area contributed by atoms with E-state index in [1.807, 2.05) is 20.8 Å². The van der Waals surface area contributed by atoms with Crippen LogP contribution in [0.15, 0.2) is 0 Å². The van der Waals surface area contributed by atoms with Gasteiger partial charge in [-0.2, -0.15) is 0 Å². The highest BCUT2D eigenvalue weighted by Crippen LogP contribution is 2.27. The zero-order valence-electron chi connectivity index (χ0n) is 10.6. The van der Waals surface area contributed by atoms with Gasteiger partial charge >= 0.3 is 6.09 Å². The van der Waals surface area contributed by atoms with Crippen molar-refractivity contribution in [1.82, 2.24) is 4.90 Å². The van der Waals surface area contributed by atoms with Crippen LogP contribution in [0.2, 0.25) is 0 Å². The first-order valence-corrected chi connectivity index (χ1v) is 5.87. The van der Waals surface area contributed by atoms with Crippen LogP contribution < -0.4 is 0 Å². The lowest BCUT2D eigenvalue weighted by molar-refractivity contribution is 0.0284. The van der Waals surface area contributed by atoms with Crippen LogP contribution in [0.25, 0.3) is 0 Å². The first-order valence-electron chi connectivity index (χ1n) is 5.87. The topological polar surface area (TPSA) is 29.5 Å². The SMILES string of the molecule is C[C@@H]1CN(C(=O)OC(C)(C)C)C[C@H]1CCF. The van der Waals surface area contributed by atoms with E-state index in [0.717, 1.165) is 0 Å². The summed E-state index contributed by atoms with van der Waals surface area (Å²) in [7, 11) is 0. The maximum atomic E-state index is 12.3. The fourth-order valence-corrected chi connectivity index (χ4v) is 2.03. The third-order valence-electron chi connectivity index (χ3n) is 2.90. The molecule has 0 aromatic heterocycles. The Morgan fingerprint density at radius 1 is 1.44 bits per heavy atom. The van der Waals surface area contributed by atoms with Gasteiger partial charge < -0.3 is 9.64 Å². The van der Waals surface area contributed by atoms with E-state index < -0.39 is 5.60 Å². The van der Waals surface area contributed by atoms with Crippen molar-refractivity contribution in [2.24, 2.45) is 11.8 Å². The second-order valence-corrected chi connectivity index (χ2v) is 5.60. The Bertz CT molecular complexity index is 250. The second-order valence-electron chi connectivity index (χ2n) is 5.60. The van der Waals surface area contributed by atoms with E-state index in [2.05, 4.69) is 6.92 Å². The highest BCUT2D eigenvalue weighted by molar-refractivity contribution is 5.68. The Kier molecular flexibility index (Phi) is 4.16. The number of nitrogens with zero attached hydrogens (tertiary/aromatic N) is 1. The van der Waals surface area contributed by atoms with Crippen LogP contribution in [0.1, 0.15) is 34.1 Å². The molecule has 0 radical (unpaired) electrons. The quantitative estimate of drug-likeness (QED) is 0.731. The number of carbonyl (C=O) groups excluding carboxylic acids is 1. The first kappa shape index (κ1) is 13.3. The summed E-state index contributed by atoms with van der Waals surface area (Å²) in [5.41, 5.74) is -0.460. The average Bonchev–Trinajstić information content (AvgIpc) is 2.46. The van der Waals surface area contributed by atoms with Gasteiger partial charge in [0.05, 0.1) is 6.67 Å². The summed E-state index contributed by atoms with van der Waals surface area (Å²) in [4.78, 5) is 13.5. The molecule has 0 bridgehead atoms. The number of hydrogen-bond donors (Lipinski definition) is 0. The van der Waals surface area contributed by atoms with Gasteiger partial charge in [-0.15, -0.1) is 0 Å². The third-order valence-corrected chi connectivity index (χ3v) is 2.90. The molecule has 1 aliphatic rings. The molecular weight excluding hydrogens is 209 g/mol. The standard InChI is InChI=1S/C12H22FNO2/c1-9-7-14(8-10(9)5-6-13)11(15)16-12(2,3)4/h9-10H,5-8H2,1-4H3/t9-,10-/m1/s1. The van der Waals surface area contributed by atoms with Crippen molar-refractivity contribution in [1.29, 1.82) is 0 Å². The van der Waals surface area contributed by atoms with Crippen LogP contribution in [0.3, 0.4) is 0 Å². The number of likely N-dealkylation sites (tertiary alicyclic amines) is 1. The van der Waals surface area contributed by atoms with Crippen LogP contribution in [-0.2, 0) is 4.74 Å². The largest absolute Gasteiger partial charge is 0.444 e. The summed E-state index contributed by atoms with van der Waals surface area (Å²) < 4.78 is 17.6. The fourth-order valence-electron chi connectivity index (χ4n) is 2.03. The molecule has 2 atom stereocenters. The van der Waals surface area contributed by atoms with Gasteiger partial charge in [0, 0.05) is 13.1 Å². The van der Waals surface area contributed by atoms with Crippen LogP contribution >= 0.6 is 0 Å². The summed E-state index contributed by atoms with van der Waals surface area (Å²) in [5.74, 6) is 0.640. The molecule has 1 rings (SSSR count). The van der Waals surface area contributed by atoms with Gasteiger partial charge in [0.1, 0.15) is 5.60 Å². The normalized spacial score (nSPS) is 25.9. The summed E-state index contributed by atoms with van der Waals surface area (Å²) >= 11 is 0. The van der Waals surface area contributed by atoms with Gasteiger partial charge in [0.2, 0.25) is 0 Å². The van der Waals surface area contributed by atoms with E-state index in [1.54, 1.807) is 4.90 Å². The lowest BCUT2D eigenvalue weighted by Crippen LogP contribution is -2.35. The van der Waals surface area contributed by atoms with E-state index in [4.69, 9.17) is 4.74 Å². The average molecular weight is 231 g/mol. The van der Waals surface area contributed by atoms with E-state index in [0.29, 0.717) is 25.4 Å². The molecule has 0 unspecified atom stereocenters. The van der Waals surface area contributed by atoms with Gasteiger partial charge in [0.15, 0.2) is 0 Å². The van der Waals surface area contributed by atoms with Crippen molar-refractivity contribution in [3.63, 3.8) is 0 Å². The van der Waals surface area contributed by atoms with E-state index in [9.17, 15) is 9.18 Å². The number of ether oxygens (including phenoxy) is 1. The Balaban J connectivity index is 2.48. The predicted molar refractivity (Wildman–Crippen MR) is 61.1 cm³/mol. The van der Waals surface area contributed by atoms with Crippen LogP contribution in [-0.4, -0.2) is 36.4 Å². The molecule has 1 aliphatic heterocycles. The van der Waals surface area contributed by atoms with Crippen LogP contribution in [0.4, 0.5) is 9.18 Å². The van der Waals surface area contributed by atoms with Gasteiger partial charge in [-0.3, -0.25) is 4.39 Å². The van der Waals surface area contributed by atoms with Gasteiger partial charge in [-0.05, 0) is 39.0 Å².